The average Bonchev–Trinajstić information content (AvgIpc) is 2.51. The van der Waals surface area contributed by atoms with Gasteiger partial charge >= 0.3 is 0 Å². The molecule has 0 fully saturated rings. The molecular formula is C11H9ClN2S. The number of rotatable bonds is 1. The molecule has 0 saturated carbocycles. The second-order valence-corrected chi connectivity index (χ2v) is 4.40. The first kappa shape index (κ1) is 10.4. The minimum Gasteiger partial charge on any atom is -0.334 e. The largest absolute Gasteiger partial charge is 0.334 e. The van der Waals surface area contributed by atoms with E-state index >= 15 is 0 Å². The van der Waals surface area contributed by atoms with Gasteiger partial charge in [0, 0.05) is 12.4 Å². The zero-order valence-corrected chi connectivity index (χ0v) is 9.99. The van der Waals surface area contributed by atoms with Crippen LogP contribution in [-0.2, 0) is 7.05 Å². The Labute approximate surface area is 97.4 Å². The molecule has 76 valence electrons. The summed E-state index contributed by atoms with van der Waals surface area (Å²) >= 11 is 7.82. The maximum atomic E-state index is 8.82. The highest BCUT2D eigenvalue weighted by Crippen LogP contribution is 2.35. The zero-order valence-electron chi connectivity index (χ0n) is 8.41. The van der Waals surface area contributed by atoms with E-state index in [1.807, 2.05) is 36.1 Å². The van der Waals surface area contributed by atoms with E-state index in [9.17, 15) is 0 Å². The lowest BCUT2D eigenvalue weighted by Crippen LogP contribution is -1.86. The highest BCUT2D eigenvalue weighted by Gasteiger charge is 2.12. The number of hydrogen-bond acceptors (Lipinski definition) is 2. The van der Waals surface area contributed by atoms with Gasteiger partial charge in [0.25, 0.3) is 0 Å². The van der Waals surface area contributed by atoms with Gasteiger partial charge in [-0.05, 0) is 18.4 Å². The van der Waals surface area contributed by atoms with Crippen molar-refractivity contribution >= 4 is 34.3 Å². The summed E-state index contributed by atoms with van der Waals surface area (Å²) in [6.45, 7) is 0. The first-order valence-electron chi connectivity index (χ1n) is 4.41. The van der Waals surface area contributed by atoms with Crippen LogP contribution in [0.1, 0.15) is 5.56 Å². The highest BCUT2D eigenvalue weighted by atomic mass is 35.5. The standard InChI is InChI=1S/C11H9ClN2S/c1-14-9-5-7(6-13)3-4-8(9)10(15-2)11(14)12/h3-5H,1-2H3. The van der Waals surface area contributed by atoms with E-state index in [-0.39, 0.29) is 0 Å². The molecule has 0 spiro atoms. The van der Waals surface area contributed by atoms with E-state index in [1.54, 1.807) is 11.8 Å². The zero-order chi connectivity index (χ0) is 11.0. The minimum absolute atomic E-state index is 0.660. The van der Waals surface area contributed by atoms with Crippen molar-refractivity contribution in [2.75, 3.05) is 6.26 Å². The lowest BCUT2D eigenvalue weighted by Gasteiger charge is -1.96. The van der Waals surface area contributed by atoms with Crippen LogP contribution in [0.15, 0.2) is 23.1 Å². The molecule has 0 unspecified atom stereocenters. The number of nitriles is 1. The van der Waals surface area contributed by atoms with Gasteiger partial charge in [-0.25, -0.2) is 0 Å². The summed E-state index contributed by atoms with van der Waals surface area (Å²) in [5, 5.41) is 10.7. The number of hydrogen-bond donors (Lipinski definition) is 0. The van der Waals surface area contributed by atoms with E-state index in [1.165, 1.54) is 0 Å². The molecule has 0 amide bonds. The molecule has 0 aliphatic rings. The summed E-state index contributed by atoms with van der Waals surface area (Å²) in [7, 11) is 1.91. The van der Waals surface area contributed by atoms with Crippen molar-refractivity contribution in [2.24, 2.45) is 7.05 Å². The monoisotopic (exact) mass is 236 g/mol. The van der Waals surface area contributed by atoms with Gasteiger partial charge in [0.2, 0.25) is 0 Å². The third-order valence-electron chi connectivity index (χ3n) is 2.42. The van der Waals surface area contributed by atoms with E-state index in [2.05, 4.69) is 6.07 Å². The molecular weight excluding hydrogens is 228 g/mol. The predicted octanol–water partition coefficient (Wildman–Crippen LogP) is 3.43. The Morgan fingerprint density at radius 1 is 1.47 bits per heavy atom. The van der Waals surface area contributed by atoms with Gasteiger partial charge in [-0.1, -0.05) is 17.7 Å². The van der Waals surface area contributed by atoms with E-state index in [4.69, 9.17) is 16.9 Å². The van der Waals surface area contributed by atoms with Crippen LogP contribution in [0.2, 0.25) is 5.15 Å². The van der Waals surface area contributed by atoms with Crippen molar-refractivity contribution in [3.05, 3.63) is 28.9 Å². The third-order valence-corrected chi connectivity index (χ3v) is 3.79. The normalized spacial score (nSPS) is 10.5. The second kappa shape index (κ2) is 3.80. The van der Waals surface area contributed by atoms with E-state index in [0.29, 0.717) is 5.56 Å². The van der Waals surface area contributed by atoms with Crippen molar-refractivity contribution in [1.29, 1.82) is 5.26 Å². The second-order valence-electron chi connectivity index (χ2n) is 3.23. The summed E-state index contributed by atoms with van der Waals surface area (Å²) in [4.78, 5) is 1.07. The average molecular weight is 237 g/mol. The summed E-state index contributed by atoms with van der Waals surface area (Å²) in [5.41, 5.74) is 1.66. The van der Waals surface area contributed by atoms with Crippen molar-refractivity contribution in [2.45, 2.75) is 4.90 Å². The van der Waals surface area contributed by atoms with E-state index < -0.39 is 0 Å². The third kappa shape index (κ3) is 1.50. The highest BCUT2D eigenvalue weighted by molar-refractivity contribution is 7.99. The fourth-order valence-corrected chi connectivity index (χ4v) is 2.76. The molecule has 15 heavy (non-hydrogen) atoms. The maximum absolute atomic E-state index is 8.82. The van der Waals surface area contributed by atoms with Crippen molar-refractivity contribution < 1.29 is 0 Å². The first-order valence-corrected chi connectivity index (χ1v) is 6.01. The number of thioether (sulfide) groups is 1. The SMILES string of the molecule is CSc1c(Cl)n(C)c2cc(C#N)ccc12. The summed E-state index contributed by atoms with van der Waals surface area (Å²) in [6.07, 6.45) is 2.00. The fourth-order valence-electron chi connectivity index (χ4n) is 1.63. The van der Waals surface area contributed by atoms with Crippen molar-refractivity contribution in [1.82, 2.24) is 4.57 Å². The smallest absolute Gasteiger partial charge is 0.123 e. The molecule has 2 aromatic rings. The first-order chi connectivity index (χ1) is 7.19. The Hall–Kier alpha value is -1.11. The molecule has 2 nitrogen and oxygen atoms in total. The lowest BCUT2D eigenvalue weighted by atomic mass is 10.2. The Morgan fingerprint density at radius 2 is 2.20 bits per heavy atom. The Bertz CT molecular complexity index is 566. The molecule has 1 aromatic heterocycles. The van der Waals surface area contributed by atoms with Crippen LogP contribution in [0.25, 0.3) is 10.9 Å². The molecule has 0 atom stereocenters. The van der Waals surface area contributed by atoms with Gasteiger partial charge in [0.1, 0.15) is 5.15 Å². The molecule has 0 saturated heterocycles. The van der Waals surface area contributed by atoms with Gasteiger partial charge in [-0.15, -0.1) is 11.8 Å². The topological polar surface area (TPSA) is 28.7 Å². The quantitative estimate of drug-likeness (QED) is 0.710. The number of aryl methyl sites for hydroxylation is 1. The summed E-state index contributed by atoms with van der Waals surface area (Å²) in [6, 6.07) is 7.76. The lowest BCUT2D eigenvalue weighted by molar-refractivity contribution is 0.958. The van der Waals surface area contributed by atoms with Gasteiger partial charge in [-0.3, -0.25) is 0 Å². The summed E-state index contributed by atoms with van der Waals surface area (Å²) in [5.74, 6) is 0. The Morgan fingerprint density at radius 3 is 2.80 bits per heavy atom. The van der Waals surface area contributed by atoms with Gasteiger partial charge in [-0.2, -0.15) is 5.26 Å². The van der Waals surface area contributed by atoms with Gasteiger partial charge < -0.3 is 4.57 Å². The number of benzene rings is 1. The van der Waals surface area contributed by atoms with Crippen LogP contribution in [0, 0.1) is 11.3 Å². The number of nitrogens with zero attached hydrogens (tertiary/aromatic N) is 2. The number of fused-ring (bicyclic) bond motifs is 1. The van der Waals surface area contributed by atoms with Gasteiger partial charge in [0.05, 0.1) is 22.0 Å². The van der Waals surface area contributed by atoms with E-state index in [0.717, 1.165) is 21.0 Å². The molecule has 4 heteroatoms. The predicted molar refractivity (Wildman–Crippen MR) is 64.4 cm³/mol. The van der Waals surface area contributed by atoms with Crippen LogP contribution in [0.4, 0.5) is 0 Å². The Balaban J connectivity index is 2.86. The molecule has 0 radical (unpaired) electrons. The number of halogens is 1. The van der Waals surface area contributed by atoms with Crippen LogP contribution in [-0.4, -0.2) is 10.8 Å². The van der Waals surface area contributed by atoms with Crippen molar-refractivity contribution in [3.63, 3.8) is 0 Å². The van der Waals surface area contributed by atoms with Gasteiger partial charge in [0.15, 0.2) is 0 Å². The number of aromatic nitrogens is 1. The molecule has 1 aromatic carbocycles. The van der Waals surface area contributed by atoms with Crippen LogP contribution in [0.5, 0.6) is 0 Å². The Kier molecular flexibility index (Phi) is 2.64. The van der Waals surface area contributed by atoms with Crippen LogP contribution in [0.3, 0.4) is 0 Å². The molecule has 0 N–H and O–H groups in total. The summed E-state index contributed by atoms with van der Waals surface area (Å²) < 4.78 is 1.91. The van der Waals surface area contributed by atoms with Crippen LogP contribution >= 0.6 is 23.4 Å². The maximum Gasteiger partial charge on any atom is 0.123 e. The van der Waals surface area contributed by atoms with Crippen molar-refractivity contribution in [3.8, 4) is 6.07 Å². The fraction of sp³-hybridized carbons (Fsp3) is 0.182. The molecule has 0 bridgehead atoms. The molecule has 0 aliphatic heterocycles. The van der Waals surface area contributed by atoms with Crippen LogP contribution < -0.4 is 0 Å². The minimum atomic E-state index is 0.660. The molecule has 0 aliphatic carbocycles. The molecule has 2 rings (SSSR count). The molecule has 1 heterocycles.